The van der Waals surface area contributed by atoms with Crippen molar-refractivity contribution >= 4 is 16.7 Å². The summed E-state index contributed by atoms with van der Waals surface area (Å²) in [6.45, 7) is 1.84. The number of nitrogens with one attached hydrogen (secondary N) is 1. The molecule has 0 bridgehead atoms. The molecule has 0 radical (unpaired) electrons. The zero-order valence-electron chi connectivity index (χ0n) is 15.2. The van der Waals surface area contributed by atoms with Crippen molar-refractivity contribution in [2.75, 3.05) is 5.32 Å². The monoisotopic (exact) mass is 362 g/mol. The quantitative estimate of drug-likeness (QED) is 0.663. The number of aliphatic hydroxyl groups is 1. The number of hydrogen-bond donors (Lipinski definition) is 3. The zero-order valence-corrected chi connectivity index (χ0v) is 15.2. The van der Waals surface area contributed by atoms with Crippen molar-refractivity contribution in [3.63, 3.8) is 0 Å². The molecular weight excluding hydrogens is 340 g/mol. The Balaban J connectivity index is 1.58. The maximum absolute atomic E-state index is 10.8. The van der Waals surface area contributed by atoms with E-state index >= 15 is 0 Å². The van der Waals surface area contributed by atoms with Gasteiger partial charge in [-0.3, -0.25) is 4.98 Å². The fraction of sp³-hybridized carbons (Fsp3) is 0.381. The number of benzene rings is 1. The van der Waals surface area contributed by atoms with Gasteiger partial charge in [-0.15, -0.1) is 10.2 Å². The van der Waals surface area contributed by atoms with Crippen LogP contribution in [-0.4, -0.2) is 37.0 Å². The second kappa shape index (κ2) is 5.89. The second-order valence-corrected chi connectivity index (χ2v) is 8.00. The van der Waals surface area contributed by atoms with Crippen LogP contribution in [-0.2, 0) is 12.8 Å². The van der Waals surface area contributed by atoms with Gasteiger partial charge in [-0.05, 0) is 68.4 Å². The predicted molar refractivity (Wildman–Crippen MR) is 104 cm³/mol. The largest absolute Gasteiger partial charge is 0.507 e. The van der Waals surface area contributed by atoms with E-state index in [1.54, 1.807) is 6.20 Å². The molecule has 2 aliphatic carbocycles. The molecular formula is C21H22N4O2. The lowest BCUT2D eigenvalue weighted by Gasteiger charge is -2.41. The zero-order chi connectivity index (χ0) is 18.6. The Bertz CT molecular complexity index is 1040. The molecule has 0 atom stereocenters. The molecule has 138 valence electrons. The number of nitrogens with zero attached hydrogens (tertiary/aromatic N) is 3. The molecule has 0 spiro atoms. The van der Waals surface area contributed by atoms with E-state index in [9.17, 15) is 10.2 Å². The summed E-state index contributed by atoms with van der Waals surface area (Å²) in [6.07, 6.45) is 6.09. The van der Waals surface area contributed by atoms with Gasteiger partial charge in [-0.2, -0.15) is 0 Å². The fourth-order valence-electron chi connectivity index (χ4n) is 4.42. The molecule has 0 aliphatic heterocycles. The lowest BCUT2D eigenvalue weighted by atomic mass is 9.77. The van der Waals surface area contributed by atoms with E-state index in [2.05, 4.69) is 26.6 Å². The summed E-state index contributed by atoms with van der Waals surface area (Å²) in [6, 6.07) is 8.02. The average molecular weight is 362 g/mol. The van der Waals surface area contributed by atoms with Gasteiger partial charge in [-0.25, -0.2) is 0 Å². The van der Waals surface area contributed by atoms with Crippen LogP contribution in [0.1, 0.15) is 37.3 Å². The minimum absolute atomic E-state index is 0.166. The minimum atomic E-state index is -0.607. The lowest BCUT2D eigenvalue weighted by molar-refractivity contribution is -0.0235. The molecule has 0 saturated heterocycles. The van der Waals surface area contributed by atoms with E-state index in [1.165, 1.54) is 5.56 Å². The van der Waals surface area contributed by atoms with Crippen LogP contribution in [0.5, 0.6) is 5.75 Å². The molecule has 0 unspecified atom stereocenters. The van der Waals surface area contributed by atoms with Gasteiger partial charge in [0.2, 0.25) is 0 Å². The van der Waals surface area contributed by atoms with Crippen molar-refractivity contribution < 1.29 is 10.2 Å². The molecule has 6 nitrogen and oxygen atoms in total. The third-order valence-electron chi connectivity index (χ3n) is 5.76. The summed E-state index contributed by atoms with van der Waals surface area (Å²) < 4.78 is 0. The maximum Gasteiger partial charge on any atom is 0.175 e. The molecule has 2 aromatic heterocycles. The molecule has 6 heteroatoms. The number of anilines is 1. The molecule has 2 aliphatic rings. The van der Waals surface area contributed by atoms with Crippen LogP contribution in [0, 0.1) is 0 Å². The summed E-state index contributed by atoms with van der Waals surface area (Å²) in [5.74, 6) is 0.940. The minimum Gasteiger partial charge on any atom is -0.507 e. The number of aromatic hydroxyl groups is 1. The van der Waals surface area contributed by atoms with Gasteiger partial charge < -0.3 is 15.5 Å². The van der Waals surface area contributed by atoms with Crippen LogP contribution < -0.4 is 5.32 Å². The van der Waals surface area contributed by atoms with Crippen LogP contribution in [0.15, 0.2) is 30.5 Å². The van der Waals surface area contributed by atoms with Crippen molar-refractivity contribution in [2.45, 2.75) is 50.7 Å². The molecule has 27 heavy (non-hydrogen) atoms. The van der Waals surface area contributed by atoms with Crippen LogP contribution in [0.4, 0.5) is 5.82 Å². The summed E-state index contributed by atoms with van der Waals surface area (Å²) in [4.78, 5) is 4.51. The van der Waals surface area contributed by atoms with E-state index in [4.69, 9.17) is 0 Å². The third-order valence-corrected chi connectivity index (χ3v) is 5.76. The van der Waals surface area contributed by atoms with Gasteiger partial charge in [-0.1, -0.05) is 6.07 Å². The van der Waals surface area contributed by atoms with Gasteiger partial charge in [0.1, 0.15) is 17.0 Å². The Labute approximate surface area is 157 Å². The first-order valence-electron chi connectivity index (χ1n) is 9.46. The Morgan fingerprint density at radius 2 is 2.00 bits per heavy atom. The number of aromatic nitrogens is 3. The Morgan fingerprint density at radius 3 is 2.81 bits per heavy atom. The number of rotatable bonds is 3. The van der Waals surface area contributed by atoms with E-state index in [0.29, 0.717) is 35.7 Å². The van der Waals surface area contributed by atoms with Gasteiger partial charge >= 0.3 is 0 Å². The van der Waals surface area contributed by atoms with Gasteiger partial charge in [0.25, 0.3) is 0 Å². The second-order valence-electron chi connectivity index (χ2n) is 8.00. The first-order valence-corrected chi connectivity index (χ1v) is 9.46. The third kappa shape index (κ3) is 2.72. The van der Waals surface area contributed by atoms with Crippen molar-refractivity contribution in [3.8, 4) is 17.0 Å². The molecule has 1 aromatic carbocycles. The predicted octanol–water partition coefficient (Wildman–Crippen LogP) is 3.21. The average Bonchev–Trinajstić information content (AvgIpc) is 3.11. The number of aryl methyl sites for hydroxylation is 1. The lowest BCUT2D eigenvalue weighted by Crippen LogP contribution is -2.48. The summed E-state index contributed by atoms with van der Waals surface area (Å²) >= 11 is 0. The Hall–Kier alpha value is -2.73. The Morgan fingerprint density at radius 1 is 1.15 bits per heavy atom. The number of phenolic OH excluding ortho intramolecular Hbond substituents is 1. The fourth-order valence-corrected chi connectivity index (χ4v) is 4.42. The first kappa shape index (κ1) is 16.4. The van der Waals surface area contributed by atoms with E-state index in [-0.39, 0.29) is 6.04 Å². The summed E-state index contributed by atoms with van der Waals surface area (Å²) in [7, 11) is 0. The van der Waals surface area contributed by atoms with Crippen LogP contribution in [0.2, 0.25) is 0 Å². The highest BCUT2D eigenvalue weighted by Crippen LogP contribution is 2.40. The van der Waals surface area contributed by atoms with Crippen molar-refractivity contribution in [3.05, 3.63) is 41.6 Å². The molecule has 0 amide bonds. The SMILES string of the molecule is C[C@]1(O)C[C@@H](Nc2nnc(-c3ccc4c(c3O)CCC4)c3cccnc23)C1. The van der Waals surface area contributed by atoms with E-state index in [1.807, 2.05) is 25.1 Å². The van der Waals surface area contributed by atoms with Crippen molar-refractivity contribution in [1.29, 1.82) is 0 Å². The van der Waals surface area contributed by atoms with Crippen LogP contribution in [0.25, 0.3) is 22.2 Å². The first-order chi connectivity index (χ1) is 13.0. The van der Waals surface area contributed by atoms with E-state index in [0.717, 1.165) is 35.7 Å². The number of hydrogen-bond acceptors (Lipinski definition) is 6. The van der Waals surface area contributed by atoms with Crippen molar-refractivity contribution in [2.24, 2.45) is 0 Å². The number of phenols is 1. The Kier molecular flexibility index (Phi) is 3.59. The van der Waals surface area contributed by atoms with Crippen LogP contribution in [0.3, 0.4) is 0 Å². The molecule has 5 rings (SSSR count). The summed E-state index contributed by atoms with van der Waals surface area (Å²) in [5.41, 5.74) is 3.74. The van der Waals surface area contributed by atoms with Gasteiger partial charge in [0, 0.05) is 23.2 Å². The highest BCUT2D eigenvalue weighted by molar-refractivity contribution is 5.98. The molecule has 1 saturated carbocycles. The highest BCUT2D eigenvalue weighted by atomic mass is 16.3. The van der Waals surface area contributed by atoms with Gasteiger partial charge in [0.15, 0.2) is 5.82 Å². The normalized spacial score (nSPS) is 23.9. The molecule has 2 heterocycles. The number of pyridine rings is 1. The molecule has 3 N–H and O–H groups in total. The standard InChI is InChI=1S/C21H22N4O2/c1-21(27)10-13(11-21)23-20-18-15(6-3-9-22-18)17(24-25-20)16-8-7-12-4-2-5-14(12)19(16)26/h3,6-9,13,26-27H,2,4-5,10-11H2,1H3,(H,23,25)/t13-,21+. The van der Waals surface area contributed by atoms with Crippen molar-refractivity contribution in [1.82, 2.24) is 15.2 Å². The number of fused-ring (bicyclic) bond motifs is 2. The highest BCUT2D eigenvalue weighted by Gasteiger charge is 2.38. The van der Waals surface area contributed by atoms with E-state index < -0.39 is 5.60 Å². The smallest absolute Gasteiger partial charge is 0.175 e. The van der Waals surface area contributed by atoms with Crippen LogP contribution >= 0.6 is 0 Å². The van der Waals surface area contributed by atoms with Gasteiger partial charge in [0.05, 0.1) is 5.60 Å². The summed E-state index contributed by atoms with van der Waals surface area (Å²) in [5, 5.41) is 33.8. The maximum atomic E-state index is 10.8. The molecule has 3 aromatic rings. The molecule has 1 fully saturated rings. The topological polar surface area (TPSA) is 91.2 Å².